The lowest BCUT2D eigenvalue weighted by Crippen LogP contribution is -2.23. The molecule has 19 heavy (non-hydrogen) atoms. The molecule has 3 heteroatoms. The Labute approximate surface area is 115 Å². The van der Waals surface area contributed by atoms with Gasteiger partial charge in [-0.05, 0) is 24.9 Å². The van der Waals surface area contributed by atoms with Crippen molar-refractivity contribution >= 4 is 0 Å². The molecule has 0 unspecified atom stereocenters. The lowest BCUT2D eigenvalue weighted by atomic mass is 10.1. The normalized spacial score (nSPS) is 11.1. The van der Waals surface area contributed by atoms with Gasteiger partial charge in [-0.1, -0.05) is 44.2 Å². The van der Waals surface area contributed by atoms with Gasteiger partial charge < -0.3 is 5.32 Å². The third-order valence-electron chi connectivity index (χ3n) is 3.11. The van der Waals surface area contributed by atoms with Gasteiger partial charge in [-0.2, -0.15) is 5.10 Å². The molecule has 0 spiro atoms. The Hall–Kier alpha value is -1.61. The maximum atomic E-state index is 4.42. The smallest absolute Gasteiger partial charge is 0.0568 e. The summed E-state index contributed by atoms with van der Waals surface area (Å²) in [6, 6.07) is 11.0. The molecular weight excluding hydrogens is 234 g/mol. The molecule has 2 aromatic rings. The molecule has 2 rings (SSSR count). The summed E-state index contributed by atoms with van der Waals surface area (Å²) in [7, 11) is 0. The third-order valence-corrected chi connectivity index (χ3v) is 3.11. The van der Waals surface area contributed by atoms with E-state index >= 15 is 0 Å². The molecule has 1 N–H and O–H groups in total. The molecule has 0 saturated carbocycles. The summed E-state index contributed by atoms with van der Waals surface area (Å²) in [4.78, 5) is 0. The Morgan fingerprint density at radius 1 is 1.11 bits per heavy atom. The fourth-order valence-corrected chi connectivity index (χ4v) is 2.06. The first kappa shape index (κ1) is 13.8. The number of benzene rings is 1. The highest BCUT2D eigenvalue weighted by atomic mass is 15.3. The molecular formula is C16H23N3. The van der Waals surface area contributed by atoms with E-state index in [9.17, 15) is 0 Å². The Kier molecular flexibility index (Phi) is 5.16. The molecule has 1 aromatic heterocycles. The molecule has 0 amide bonds. The van der Waals surface area contributed by atoms with Gasteiger partial charge in [-0.25, -0.2) is 0 Å². The predicted octanol–water partition coefficient (Wildman–Crippen LogP) is 3.33. The predicted molar refractivity (Wildman–Crippen MR) is 80.0 cm³/mol. The average Bonchev–Trinajstić information content (AvgIpc) is 2.88. The van der Waals surface area contributed by atoms with Crippen LogP contribution in [-0.2, 0) is 6.54 Å². The van der Waals surface area contributed by atoms with Gasteiger partial charge in [0.05, 0.1) is 6.20 Å². The van der Waals surface area contributed by atoms with Crippen molar-refractivity contribution in [3.05, 3.63) is 42.7 Å². The van der Waals surface area contributed by atoms with Crippen molar-refractivity contribution in [2.75, 3.05) is 6.54 Å². The summed E-state index contributed by atoms with van der Waals surface area (Å²) < 4.78 is 2.04. The highest BCUT2D eigenvalue weighted by Gasteiger charge is 2.00. The second kappa shape index (κ2) is 7.10. The van der Waals surface area contributed by atoms with E-state index in [0.717, 1.165) is 19.5 Å². The van der Waals surface area contributed by atoms with Gasteiger partial charge in [-0.15, -0.1) is 0 Å². The number of hydrogen-bond donors (Lipinski definition) is 1. The van der Waals surface area contributed by atoms with Crippen LogP contribution < -0.4 is 5.32 Å². The van der Waals surface area contributed by atoms with Crippen molar-refractivity contribution in [3.63, 3.8) is 0 Å². The maximum absolute atomic E-state index is 4.42. The van der Waals surface area contributed by atoms with Crippen LogP contribution >= 0.6 is 0 Å². The SMILES string of the molecule is CC(C)NCCCCn1cc(-c2ccccc2)cn1. The van der Waals surface area contributed by atoms with Gasteiger partial charge in [0.15, 0.2) is 0 Å². The highest BCUT2D eigenvalue weighted by molar-refractivity contribution is 5.61. The summed E-state index contributed by atoms with van der Waals surface area (Å²) in [5.41, 5.74) is 2.43. The first-order valence-corrected chi connectivity index (χ1v) is 7.07. The van der Waals surface area contributed by atoms with E-state index in [-0.39, 0.29) is 0 Å². The van der Waals surface area contributed by atoms with E-state index in [1.807, 2.05) is 16.9 Å². The van der Waals surface area contributed by atoms with Crippen LogP contribution in [0.2, 0.25) is 0 Å². The Morgan fingerprint density at radius 3 is 2.63 bits per heavy atom. The lowest BCUT2D eigenvalue weighted by Gasteiger charge is -2.07. The van der Waals surface area contributed by atoms with Crippen LogP contribution in [0.1, 0.15) is 26.7 Å². The minimum absolute atomic E-state index is 0.578. The lowest BCUT2D eigenvalue weighted by molar-refractivity contribution is 0.512. The van der Waals surface area contributed by atoms with E-state index < -0.39 is 0 Å². The van der Waals surface area contributed by atoms with Crippen LogP contribution in [-0.4, -0.2) is 22.4 Å². The Morgan fingerprint density at radius 2 is 1.89 bits per heavy atom. The third kappa shape index (κ3) is 4.52. The van der Waals surface area contributed by atoms with Gasteiger partial charge in [0.2, 0.25) is 0 Å². The van der Waals surface area contributed by atoms with Gasteiger partial charge in [-0.3, -0.25) is 4.68 Å². The quantitative estimate of drug-likeness (QED) is 0.771. The molecule has 0 aliphatic rings. The van der Waals surface area contributed by atoms with Gasteiger partial charge in [0.1, 0.15) is 0 Å². The fraction of sp³-hybridized carbons (Fsp3) is 0.438. The van der Waals surface area contributed by atoms with Crippen LogP contribution in [0, 0.1) is 0 Å². The first-order chi connectivity index (χ1) is 9.25. The number of hydrogen-bond acceptors (Lipinski definition) is 2. The largest absolute Gasteiger partial charge is 0.315 e. The summed E-state index contributed by atoms with van der Waals surface area (Å²) in [5.74, 6) is 0. The second-order valence-corrected chi connectivity index (χ2v) is 5.17. The van der Waals surface area contributed by atoms with Crippen LogP contribution in [0.3, 0.4) is 0 Å². The number of aromatic nitrogens is 2. The summed E-state index contributed by atoms with van der Waals surface area (Å²) in [6.07, 6.45) is 6.43. The van der Waals surface area contributed by atoms with E-state index in [1.54, 1.807) is 0 Å². The zero-order valence-electron chi connectivity index (χ0n) is 11.8. The van der Waals surface area contributed by atoms with E-state index in [0.29, 0.717) is 6.04 Å². The zero-order chi connectivity index (χ0) is 13.5. The minimum Gasteiger partial charge on any atom is -0.315 e. The summed E-state index contributed by atoms with van der Waals surface area (Å²) in [5, 5.41) is 7.85. The van der Waals surface area contributed by atoms with Gasteiger partial charge >= 0.3 is 0 Å². The molecule has 0 saturated heterocycles. The molecule has 102 valence electrons. The van der Waals surface area contributed by atoms with Crippen molar-refractivity contribution in [3.8, 4) is 11.1 Å². The van der Waals surface area contributed by atoms with Crippen LogP contribution in [0.5, 0.6) is 0 Å². The number of rotatable bonds is 7. The standard InChI is InChI=1S/C16H23N3/c1-14(2)17-10-6-7-11-19-13-16(12-18-19)15-8-4-3-5-9-15/h3-5,8-9,12-14,17H,6-7,10-11H2,1-2H3. The first-order valence-electron chi connectivity index (χ1n) is 7.07. The van der Waals surface area contributed by atoms with Crippen LogP contribution in [0.25, 0.3) is 11.1 Å². The molecule has 0 atom stereocenters. The van der Waals surface area contributed by atoms with Crippen molar-refractivity contribution in [2.45, 2.75) is 39.3 Å². The molecule has 1 aromatic carbocycles. The number of aryl methyl sites for hydroxylation is 1. The molecule has 0 aliphatic heterocycles. The van der Waals surface area contributed by atoms with Gasteiger partial charge in [0.25, 0.3) is 0 Å². The van der Waals surface area contributed by atoms with Crippen molar-refractivity contribution in [2.24, 2.45) is 0 Å². The maximum Gasteiger partial charge on any atom is 0.0568 e. The second-order valence-electron chi connectivity index (χ2n) is 5.17. The fourth-order valence-electron chi connectivity index (χ4n) is 2.06. The number of unbranched alkanes of at least 4 members (excludes halogenated alkanes) is 1. The molecule has 3 nitrogen and oxygen atoms in total. The minimum atomic E-state index is 0.578. The zero-order valence-corrected chi connectivity index (χ0v) is 11.8. The van der Waals surface area contributed by atoms with Crippen molar-refractivity contribution in [1.82, 2.24) is 15.1 Å². The van der Waals surface area contributed by atoms with Crippen LogP contribution in [0.15, 0.2) is 42.7 Å². The number of nitrogens with zero attached hydrogens (tertiary/aromatic N) is 2. The Balaban J connectivity index is 1.78. The summed E-state index contributed by atoms with van der Waals surface area (Å²) >= 11 is 0. The molecule has 1 heterocycles. The molecule has 0 fully saturated rings. The van der Waals surface area contributed by atoms with E-state index in [4.69, 9.17) is 0 Å². The van der Waals surface area contributed by atoms with Gasteiger partial charge in [0, 0.05) is 24.3 Å². The number of nitrogens with one attached hydrogen (secondary N) is 1. The van der Waals surface area contributed by atoms with E-state index in [1.165, 1.54) is 17.5 Å². The van der Waals surface area contributed by atoms with Crippen molar-refractivity contribution < 1.29 is 0 Å². The molecule has 0 aliphatic carbocycles. The average molecular weight is 257 g/mol. The van der Waals surface area contributed by atoms with E-state index in [2.05, 4.69) is 54.7 Å². The Bertz CT molecular complexity index is 474. The highest BCUT2D eigenvalue weighted by Crippen LogP contribution is 2.17. The van der Waals surface area contributed by atoms with Crippen LogP contribution in [0.4, 0.5) is 0 Å². The molecule has 0 bridgehead atoms. The van der Waals surface area contributed by atoms with Crippen molar-refractivity contribution in [1.29, 1.82) is 0 Å². The monoisotopic (exact) mass is 257 g/mol. The molecule has 0 radical (unpaired) electrons. The topological polar surface area (TPSA) is 29.9 Å². The summed E-state index contributed by atoms with van der Waals surface area (Å²) in [6.45, 7) is 6.44.